The molecule has 0 unspecified atom stereocenters. The molecule has 0 amide bonds. The Morgan fingerprint density at radius 3 is 2.67 bits per heavy atom. The van der Waals surface area contributed by atoms with Crippen LogP contribution in [0.2, 0.25) is 5.02 Å². The molecule has 0 spiro atoms. The van der Waals surface area contributed by atoms with E-state index in [1.54, 1.807) is 42.5 Å². The number of nitrogens with two attached hydrogens (primary N) is 1. The molecule has 2 aromatic carbocycles. The van der Waals surface area contributed by atoms with Crippen molar-refractivity contribution in [2.45, 2.75) is 13.5 Å². The zero-order chi connectivity index (χ0) is 19.4. The fourth-order valence-corrected chi connectivity index (χ4v) is 2.86. The van der Waals surface area contributed by atoms with E-state index >= 15 is 0 Å². The summed E-state index contributed by atoms with van der Waals surface area (Å²) in [4.78, 5) is 12.7. The van der Waals surface area contributed by atoms with Crippen molar-refractivity contribution in [3.8, 4) is 5.75 Å². The van der Waals surface area contributed by atoms with Gasteiger partial charge in [0.1, 0.15) is 12.3 Å². The first kappa shape index (κ1) is 18.9. The first-order valence-corrected chi connectivity index (χ1v) is 9.01. The van der Waals surface area contributed by atoms with Gasteiger partial charge < -0.3 is 10.5 Å². The molecular formula is C18H18ClN5O2S. The van der Waals surface area contributed by atoms with Crippen LogP contribution in [0.15, 0.2) is 48.5 Å². The Morgan fingerprint density at radius 1 is 1.26 bits per heavy atom. The SMILES string of the molecule is CCOc1ccccc1C(=O)Cn1nc(N)n(Nc2ccc(Cl)cc2)c1=S. The number of carbonyl (C=O) groups is 1. The highest BCUT2D eigenvalue weighted by Crippen LogP contribution is 2.20. The lowest BCUT2D eigenvalue weighted by Gasteiger charge is -2.09. The minimum atomic E-state index is -0.175. The summed E-state index contributed by atoms with van der Waals surface area (Å²) in [5.41, 5.74) is 10.2. The van der Waals surface area contributed by atoms with Gasteiger partial charge in [-0.15, -0.1) is 5.10 Å². The van der Waals surface area contributed by atoms with Crippen LogP contribution >= 0.6 is 23.8 Å². The van der Waals surface area contributed by atoms with Crippen molar-refractivity contribution in [2.75, 3.05) is 17.8 Å². The molecule has 0 radical (unpaired) electrons. The number of benzene rings is 2. The Labute approximate surface area is 166 Å². The van der Waals surface area contributed by atoms with Crippen molar-refractivity contribution in [1.82, 2.24) is 14.5 Å². The Morgan fingerprint density at radius 2 is 1.96 bits per heavy atom. The van der Waals surface area contributed by atoms with E-state index in [1.165, 1.54) is 9.36 Å². The van der Waals surface area contributed by atoms with Gasteiger partial charge in [0.25, 0.3) is 0 Å². The van der Waals surface area contributed by atoms with Crippen LogP contribution in [0.5, 0.6) is 5.75 Å². The molecule has 0 bridgehead atoms. The van der Waals surface area contributed by atoms with Gasteiger partial charge in [0.05, 0.1) is 17.9 Å². The van der Waals surface area contributed by atoms with E-state index in [-0.39, 0.29) is 23.0 Å². The Bertz CT molecular complexity index is 1010. The summed E-state index contributed by atoms with van der Waals surface area (Å²) in [7, 11) is 0. The molecule has 0 saturated heterocycles. The van der Waals surface area contributed by atoms with Gasteiger partial charge in [0.15, 0.2) is 5.78 Å². The van der Waals surface area contributed by atoms with Gasteiger partial charge in [-0.1, -0.05) is 23.7 Å². The average molecular weight is 404 g/mol. The molecule has 0 aliphatic heterocycles. The topological polar surface area (TPSA) is 87.1 Å². The number of anilines is 2. The smallest absolute Gasteiger partial charge is 0.240 e. The van der Waals surface area contributed by atoms with Crippen LogP contribution in [0.25, 0.3) is 0 Å². The van der Waals surface area contributed by atoms with Crippen molar-refractivity contribution in [3.63, 3.8) is 0 Å². The molecular weight excluding hydrogens is 386 g/mol. The van der Waals surface area contributed by atoms with Gasteiger partial charge in [-0.05, 0) is 55.5 Å². The summed E-state index contributed by atoms with van der Waals surface area (Å²) >= 11 is 11.3. The van der Waals surface area contributed by atoms with Gasteiger partial charge in [0, 0.05) is 5.02 Å². The average Bonchev–Trinajstić information content (AvgIpc) is 2.91. The van der Waals surface area contributed by atoms with Crippen molar-refractivity contribution in [2.24, 2.45) is 0 Å². The fraction of sp³-hybridized carbons (Fsp3) is 0.167. The Balaban J connectivity index is 1.83. The first-order valence-electron chi connectivity index (χ1n) is 8.22. The molecule has 3 aromatic rings. The van der Waals surface area contributed by atoms with E-state index in [4.69, 9.17) is 34.3 Å². The van der Waals surface area contributed by atoms with Crippen LogP contribution in [0.4, 0.5) is 11.6 Å². The third-order valence-electron chi connectivity index (χ3n) is 3.73. The van der Waals surface area contributed by atoms with Crippen LogP contribution in [0.3, 0.4) is 0 Å². The number of carbonyl (C=O) groups excluding carboxylic acids is 1. The number of nitrogens with one attached hydrogen (secondary N) is 1. The number of ketones is 1. The van der Waals surface area contributed by atoms with Crippen LogP contribution in [-0.2, 0) is 6.54 Å². The maximum atomic E-state index is 12.7. The maximum Gasteiger partial charge on any atom is 0.240 e. The Hall–Kier alpha value is -2.84. The fourth-order valence-electron chi connectivity index (χ4n) is 2.49. The number of halogens is 1. The highest BCUT2D eigenvalue weighted by molar-refractivity contribution is 7.71. The molecule has 0 aliphatic rings. The van der Waals surface area contributed by atoms with Crippen molar-refractivity contribution in [1.29, 1.82) is 0 Å². The highest BCUT2D eigenvalue weighted by atomic mass is 35.5. The number of nitrogen functional groups attached to an aromatic ring is 1. The largest absolute Gasteiger partial charge is 0.493 e. The molecule has 1 aromatic heterocycles. The molecule has 7 nitrogen and oxygen atoms in total. The van der Waals surface area contributed by atoms with Crippen molar-refractivity contribution < 1.29 is 9.53 Å². The number of hydrogen-bond donors (Lipinski definition) is 2. The lowest BCUT2D eigenvalue weighted by atomic mass is 10.1. The number of nitrogens with zero attached hydrogens (tertiary/aromatic N) is 3. The van der Waals surface area contributed by atoms with Crippen LogP contribution in [0.1, 0.15) is 17.3 Å². The summed E-state index contributed by atoms with van der Waals surface area (Å²) < 4.78 is 8.59. The lowest BCUT2D eigenvalue weighted by Crippen LogP contribution is -2.15. The zero-order valence-corrected chi connectivity index (χ0v) is 16.1. The molecule has 0 aliphatic carbocycles. The second kappa shape index (κ2) is 8.24. The van der Waals surface area contributed by atoms with Gasteiger partial charge in [-0.25, -0.2) is 4.68 Å². The molecule has 27 heavy (non-hydrogen) atoms. The van der Waals surface area contributed by atoms with E-state index in [2.05, 4.69) is 10.5 Å². The molecule has 0 atom stereocenters. The monoisotopic (exact) mass is 403 g/mol. The maximum absolute atomic E-state index is 12.7. The van der Waals surface area contributed by atoms with Crippen LogP contribution in [0, 0.1) is 4.77 Å². The predicted molar refractivity (Wildman–Crippen MR) is 108 cm³/mol. The molecule has 3 rings (SSSR count). The number of aromatic nitrogens is 3. The van der Waals surface area contributed by atoms with Crippen molar-refractivity contribution in [3.05, 3.63) is 63.9 Å². The van der Waals surface area contributed by atoms with Crippen LogP contribution < -0.4 is 15.9 Å². The number of rotatable bonds is 7. The molecule has 0 fully saturated rings. The van der Waals surface area contributed by atoms with Gasteiger partial charge in [-0.2, -0.15) is 4.68 Å². The van der Waals surface area contributed by atoms with E-state index in [0.717, 1.165) is 5.69 Å². The van der Waals surface area contributed by atoms with Gasteiger partial charge in [0.2, 0.25) is 10.7 Å². The van der Waals surface area contributed by atoms with Gasteiger partial charge in [-0.3, -0.25) is 10.2 Å². The van der Waals surface area contributed by atoms with E-state index < -0.39 is 0 Å². The number of para-hydroxylation sites is 1. The summed E-state index contributed by atoms with van der Waals surface area (Å²) in [6.07, 6.45) is 0. The summed E-state index contributed by atoms with van der Waals surface area (Å²) in [5.74, 6) is 0.496. The summed E-state index contributed by atoms with van der Waals surface area (Å²) in [6, 6.07) is 14.1. The summed E-state index contributed by atoms with van der Waals surface area (Å²) in [5, 5.41) is 4.79. The third kappa shape index (κ3) is 4.29. The second-order valence-electron chi connectivity index (χ2n) is 5.60. The van der Waals surface area contributed by atoms with Gasteiger partial charge >= 0.3 is 0 Å². The zero-order valence-electron chi connectivity index (χ0n) is 14.6. The molecule has 9 heteroatoms. The van der Waals surface area contributed by atoms with E-state index in [0.29, 0.717) is 22.9 Å². The quantitative estimate of drug-likeness (QED) is 0.460. The Kier molecular flexibility index (Phi) is 5.78. The lowest BCUT2D eigenvalue weighted by molar-refractivity contribution is 0.0963. The normalized spacial score (nSPS) is 10.6. The number of hydrogen-bond acceptors (Lipinski definition) is 6. The van der Waals surface area contributed by atoms with Crippen LogP contribution in [-0.4, -0.2) is 26.8 Å². The molecule has 3 N–H and O–H groups in total. The second-order valence-corrected chi connectivity index (χ2v) is 6.41. The minimum Gasteiger partial charge on any atom is -0.493 e. The standard InChI is InChI=1S/C18H18ClN5O2S/c1-2-26-16-6-4-3-5-14(16)15(25)11-23-18(27)24(17(20)22-23)21-13-9-7-12(19)8-10-13/h3-10,21H,2,11H2,1H3,(H2,20,22). The first-order chi connectivity index (χ1) is 13.0. The molecule has 0 saturated carbocycles. The number of Topliss-reactive ketones (excluding diaryl/α,β-unsaturated/α-hetero) is 1. The summed E-state index contributed by atoms with van der Waals surface area (Å²) in [6.45, 7) is 2.28. The molecule has 140 valence electrons. The van der Waals surface area contributed by atoms with E-state index in [1.807, 2.05) is 13.0 Å². The minimum absolute atomic E-state index is 0.0532. The molecule has 1 heterocycles. The highest BCUT2D eigenvalue weighted by Gasteiger charge is 2.16. The van der Waals surface area contributed by atoms with Crippen molar-refractivity contribution >= 4 is 41.2 Å². The predicted octanol–water partition coefficient (Wildman–Crippen LogP) is 3.81. The number of ether oxygens (including phenoxy) is 1. The van der Waals surface area contributed by atoms with E-state index in [9.17, 15) is 4.79 Å². The third-order valence-corrected chi connectivity index (χ3v) is 4.38.